The Hall–Kier alpha value is -0.750. The lowest BCUT2D eigenvalue weighted by Crippen LogP contribution is -2.57. The summed E-state index contributed by atoms with van der Waals surface area (Å²) in [7, 11) is 0. The van der Waals surface area contributed by atoms with E-state index in [1.165, 1.54) is 0 Å². The number of aliphatic hydroxyl groups excluding tert-OH is 4. The van der Waals surface area contributed by atoms with Gasteiger partial charge in [0.15, 0.2) is 5.78 Å². The molecule has 0 saturated heterocycles. The third-order valence-electron chi connectivity index (χ3n) is 7.97. The Bertz CT molecular complexity index is 587. The minimum Gasteiger partial charge on any atom is -0.396 e. The molecule has 7 atom stereocenters. The summed E-state index contributed by atoms with van der Waals surface area (Å²) in [5.41, 5.74) is -0.189. The zero-order chi connectivity index (χ0) is 18.6. The van der Waals surface area contributed by atoms with Gasteiger partial charge in [0.05, 0.1) is 19.3 Å². The number of ketones is 1. The molecule has 3 aliphatic carbocycles. The SMILES string of the molecule is C[C@@]1([C@H](O)CO)CC[C@@]2(C)C3=CC(=O)[C@H](O)[C@](C)(CO)[C@@H]3CC[C@@H]2C1. The molecule has 0 aromatic carbocycles. The standard InChI is InChI=1S/C20H32O5/c1-18(16(24)10-21)6-7-19(2)12(9-18)4-5-13-14(19)8-15(23)17(25)20(13,3)11-22/h8,12-13,16-17,21-22,24-25H,4-7,9-11H2,1-3H3/t12-,13-,16-,17+,18-,19-,20-/m1/s1. The van der Waals surface area contributed by atoms with E-state index in [1.807, 2.05) is 13.8 Å². The van der Waals surface area contributed by atoms with E-state index in [0.29, 0.717) is 5.92 Å². The van der Waals surface area contributed by atoms with Crippen LogP contribution in [0.1, 0.15) is 52.9 Å². The van der Waals surface area contributed by atoms with E-state index in [1.54, 1.807) is 6.08 Å². The topological polar surface area (TPSA) is 98.0 Å². The lowest BCUT2D eigenvalue weighted by Gasteiger charge is -2.59. The molecule has 25 heavy (non-hydrogen) atoms. The van der Waals surface area contributed by atoms with Gasteiger partial charge in [-0.05, 0) is 60.8 Å². The first-order valence-corrected chi connectivity index (χ1v) is 9.46. The summed E-state index contributed by atoms with van der Waals surface area (Å²) in [6.45, 7) is 5.63. The molecule has 4 N–H and O–H groups in total. The summed E-state index contributed by atoms with van der Waals surface area (Å²) in [6.07, 6.45) is 4.02. The van der Waals surface area contributed by atoms with E-state index in [0.717, 1.165) is 37.7 Å². The fraction of sp³-hybridized carbons (Fsp3) is 0.850. The second-order valence-corrected chi connectivity index (χ2v) is 9.37. The van der Waals surface area contributed by atoms with Crippen LogP contribution in [0.5, 0.6) is 0 Å². The van der Waals surface area contributed by atoms with Gasteiger partial charge in [0.1, 0.15) is 6.10 Å². The Morgan fingerprint density at radius 3 is 2.48 bits per heavy atom. The molecule has 5 heteroatoms. The number of allylic oxidation sites excluding steroid dienone is 1. The predicted octanol–water partition coefficient (Wildman–Crippen LogP) is 1.43. The summed E-state index contributed by atoms with van der Waals surface area (Å²) < 4.78 is 0. The van der Waals surface area contributed by atoms with Crippen LogP contribution in [0.2, 0.25) is 0 Å². The first-order valence-electron chi connectivity index (χ1n) is 9.46. The molecule has 0 unspecified atom stereocenters. The molecule has 3 rings (SSSR count). The van der Waals surface area contributed by atoms with E-state index in [4.69, 9.17) is 0 Å². The second-order valence-electron chi connectivity index (χ2n) is 9.37. The van der Waals surface area contributed by atoms with Gasteiger partial charge in [0.25, 0.3) is 0 Å². The predicted molar refractivity (Wildman–Crippen MR) is 93.7 cm³/mol. The van der Waals surface area contributed by atoms with Crippen LogP contribution in [0.4, 0.5) is 0 Å². The molecule has 0 heterocycles. The zero-order valence-corrected chi connectivity index (χ0v) is 15.5. The number of aliphatic hydroxyl groups is 4. The Balaban J connectivity index is 1.96. The van der Waals surface area contributed by atoms with Crippen molar-refractivity contribution in [1.29, 1.82) is 0 Å². The third kappa shape index (κ3) is 2.62. The molecule has 2 fully saturated rings. The second kappa shape index (κ2) is 6.15. The highest BCUT2D eigenvalue weighted by Crippen LogP contribution is 2.63. The molecule has 0 radical (unpaired) electrons. The molecular weight excluding hydrogens is 320 g/mol. The van der Waals surface area contributed by atoms with Gasteiger partial charge in [0.2, 0.25) is 0 Å². The minimum atomic E-state index is -1.14. The van der Waals surface area contributed by atoms with E-state index in [9.17, 15) is 25.2 Å². The summed E-state index contributed by atoms with van der Waals surface area (Å²) in [5, 5.41) is 40.0. The molecule has 0 bridgehead atoms. The highest BCUT2D eigenvalue weighted by atomic mass is 16.3. The van der Waals surface area contributed by atoms with Crippen LogP contribution < -0.4 is 0 Å². The lowest BCUT2D eigenvalue weighted by molar-refractivity contribution is -0.141. The monoisotopic (exact) mass is 352 g/mol. The van der Waals surface area contributed by atoms with Crippen LogP contribution in [0.15, 0.2) is 11.6 Å². The summed E-state index contributed by atoms with van der Waals surface area (Å²) >= 11 is 0. The van der Waals surface area contributed by atoms with E-state index < -0.39 is 17.6 Å². The van der Waals surface area contributed by atoms with E-state index in [-0.39, 0.29) is 35.7 Å². The lowest BCUT2D eigenvalue weighted by atomic mass is 9.46. The summed E-state index contributed by atoms with van der Waals surface area (Å²) in [4.78, 5) is 12.4. The van der Waals surface area contributed by atoms with Crippen LogP contribution in [0, 0.1) is 28.1 Å². The van der Waals surface area contributed by atoms with Crippen molar-refractivity contribution < 1.29 is 25.2 Å². The number of fused-ring (bicyclic) bond motifs is 3. The first kappa shape index (κ1) is 19.0. The van der Waals surface area contributed by atoms with Crippen molar-refractivity contribution in [1.82, 2.24) is 0 Å². The smallest absolute Gasteiger partial charge is 0.184 e. The normalized spacial score (nSPS) is 48.4. The largest absolute Gasteiger partial charge is 0.396 e. The van der Waals surface area contributed by atoms with Gasteiger partial charge >= 0.3 is 0 Å². The number of carbonyl (C=O) groups is 1. The molecule has 0 aromatic heterocycles. The van der Waals surface area contributed by atoms with Gasteiger partial charge in [-0.2, -0.15) is 0 Å². The van der Waals surface area contributed by atoms with Gasteiger partial charge in [-0.15, -0.1) is 0 Å². The van der Waals surface area contributed by atoms with Gasteiger partial charge in [-0.1, -0.05) is 26.3 Å². The van der Waals surface area contributed by atoms with Gasteiger partial charge in [-0.25, -0.2) is 0 Å². The minimum absolute atomic E-state index is 0.0126. The van der Waals surface area contributed by atoms with Gasteiger partial charge < -0.3 is 20.4 Å². The Kier molecular flexibility index (Phi) is 4.68. The number of hydrogen-bond donors (Lipinski definition) is 4. The fourth-order valence-electron chi connectivity index (χ4n) is 5.78. The van der Waals surface area contributed by atoms with Gasteiger partial charge in [-0.3, -0.25) is 4.79 Å². The Morgan fingerprint density at radius 2 is 1.88 bits per heavy atom. The molecule has 0 aliphatic heterocycles. The molecule has 2 saturated carbocycles. The van der Waals surface area contributed by atoms with Crippen molar-refractivity contribution in [2.45, 2.75) is 65.1 Å². The maximum absolute atomic E-state index is 12.4. The maximum Gasteiger partial charge on any atom is 0.184 e. The zero-order valence-electron chi connectivity index (χ0n) is 15.5. The number of rotatable bonds is 3. The molecule has 0 spiro atoms. The van der Waals surface area contributed by atoms with Crippen LogP contribution in [0.25, 0.3) is 0 Å². The van der Waals surface area contributed by atoms with E-state index >= 15 is 0 Å². The Labute approximate surface area is 149 Å². The average molecular weight is 352 g/mol. The average Bonchev–Trinajstić information content (AvgIpc) is 2.60. The molecular formula is C20H32O5. The van der Waals surface area contributed by atoms with Gasteiger partial charge in [0, 0.05) is 5.41 Å². The van der Waals surface area contributed by atoms with Crippen LogP contribution in [0.3, 0.4) is 0 Å². The quantitative estimate of drug-likeness (QED) is 0.616. The van der Waals surface area contributed by atoms with Crippen LogP contribution in [-0.4, -0.2) is 51.6 Å². The van der Waals surface area contributed by atoms with Crippen molar-refractivity contribution in [3.8, 4) is 0 Å². The maximum atomic E-state index is 12.4. The Morgan fingerprint density at radius 1 is 1.20 bits per heavy atom. The molecule has 0 amide bonds. The molecule has 0 aromatic rings. The van der Waals surface area contributed by atoms with Crippen LogP contribution >= 0.6 is 0 Å². The van der Waals surface area contributed by atoms with Crippen molar-refractivity contribution in [3.05, 3.63) is 11.6 Å². The van der Waals surface area contributed by atoms with Crippen molar-refractivity contribution in [3.63, 3.8) is 0 Å². The first-order chi connectivity index (χ1) is 11.6. The molecule has 3 aliphatic rings. The highest BCUT2D eigenvalue weighted by Gasteiger charge is 2.58. The van der Waals surface area contributed by atoms with E-state index in [2.05, 4.69) is 6.92 Å². The van der Waals surface area contributed by atoms with Crippen LogP contribution in [-0.2, 0) is 4.79 Å². The highest BCUT2D eigenvalue weighted by molar-refractivity contribution is 5.96. The summed E-state index contributed by atoms with van der Waals surface area (Å²) in [6, 6.07) is 0. The number of carbonyl (C=O) groups excluding carboxylic acids is 1. The fourth-order valence-corrected chi connectivity index (χ4v) is 5.78. The number of hydrogen-bond acceptors (Lipinski definition) is 5. The van der Waals surface area contributed by atoms with Crippen molar-refractivity contribution in [2.24, 2.45) is 28.1 Å². The summed E-state index contributed by atoms with van der Waals surface area (Å²) in [5.74, 6) is 0.0490. The van der Waals surface area contributed by atoms with Crippen molar-refractivity contribution in [2.75, 3.05) is 13.2 Å². The third-order valence-corrected chi connectivity index (χ3v) is 7.97. The molecule has 142 valence electrons. The molecule has 5 nitrogen and oxygen atoms in total. The van der Waals surface area contributed by atoms with Crippen molar-refractivity contribution >= 4 is 5.78 Å².